The molecule has 0 N–H and O–H groups in total. The van der Waals surface area contributed by atoms with Crippen molar-refractivity contribution in [2.45, 2.75) is 45.6 Å². The molecule has 2 fully saturated rings. The van der Waals surface area contributed by atoms with Gasteiger partial charge in [0.1, 0.15) is 0 Å². The number of hydrogen-bond acceptors (Lipinski definition) is 2. The van der Waals surface area contributed by atoms with Crippen LogP contribution in [0.1, 0.15) is 39.5 Å². The Morgan fingerprint density at radius 3 is 2.18 bits per heavy atom. The molecule has 0 unspecified atom stereocenters. The highest BCUT2D eigenvalue weighted by molar-refractivity contribution is 5.79. The summed E-state index contributed by atoms with van der Waals surface area (Å²) in [6, 6.07) is 0.338. The SMILES string of the molecule is CC(C)C1CCC(C(=O)N(C)C2COC2)CC1. The smallest absolute Gasteiger partial charge is 0.225 e. The normalized spacial score (nSPS) is 30.1. The number of nitrogens with zero attached hydrogens (tertiary/aromatic N) is 1. The number of hydrogen-bond donors (Lipinski definition) is 0. The summed E-state index contributed by atoms with van der Waals surface area (Å²) >= 11 is 0. The van der Waals surface area contributed by atoms with E-state index in [1.165, 1.54) is 12.8 Å². The molecule has 1 saturated carbocycles. The molecule has 1 aliphatic carbocycles. The van der Waals surface area contributed by atoms with Crippen LogP contribution in [-0.2, 0) is 9.53 Å². The zero-order chi connectivity index (χ0) is 12.4. The zero-order valence-corrected chi connectivity index (χ0v) is 11.3. The van der Waals surface area contributed by atoms with Crippen molar-refractivity contribution in [3.63, 3.8) is 0 Å². The Bertz CT molecular complexity index is 265. The Kier molecular flexibility index (Phi) is 4.08. The molecule has 3 nitrogen and oxygen atoms in total. The molecule has 3 heteroatoms. The molecular weight excluding hydrogens is 214 g/mol. The summed E-state index contributed by atoms with van der Waals surface area (Å²) in [5.41, 5.74) is 0. The van der Waals surface area contributed by atoms with Gasteiger partial charge in [0, 0.05) is 13.0 Å². The van der Waals surface area contributed by atoms with E-state index in [2.05, 4.69) is 13.8 Å². The van der Waals surface area contributed by atoms with E-state index in [-0.39, 0.29) is 5.92 Å². The molecule has 17 heavy (non-hydrogen) atoms. The van der Waals surface area contributed by atoms with Gasteiger partial charge in [-0.25, -0.2) is 0 Å². The van der Waals surface area contributed by atoms with Gasteiger partial charge in [-0.2, -0.15) is 0 Å². The van der Waals surface area contributed by atoms with Crippen LogP contribution in [0.5, 0.6) is 0 Å². The molecule has 2 rings (SSSR count). The number of likely N-dealkylation sites (N-methyl/N-ethyl adjacent to an activating group) is 1. The molecule has 0 bridgehead atoms. The molecule has 0 radical (unpaired) electrons. The Morgan fingerprint density at radius 1 is 1.18 bits per heavy atom. The molecule has 98 valence electrons. The van der Waals surface area contributed by atoms with Gasteiger partial charge in [0.2, 0.25) is 5.91 Å². The third-order valence-electron chi connectivity index (χ3n) is 4.58. The molecular formula is C14H25NO2. The number of amides is 1. The minimum Gasteiger partial charge on any atom is -0.377 e. The first-order chi connectivity index (χ1) is 8.09. The standard InChI is InChI=1S/C14H25NO2/c1-10(2)11-4-6-12(7-5-11)14(16)15(3)13-8-17-9-13/h10-13H,4-9H2,1-3H3. The van der Waals surface area contributed by atoms with Crippen molar-refractivity contribution in [1.82, 2.24) is 4.90 Å². The van der Waals surface area contributed by atoms with Gasteiger partial charge < -0.3 is 9.64 Å². The quantitative estimate of drug-likeness (QED) is 0.756. The van der Waals surface area contributed by atoms with Crippen LogP contribution >= 0.6 is 0 Å². The predicted octanol–water partition coefficient (Wildman–Crippen LogP) is 2.31. The molecule has 0 aromatic carbocycles. The Balaban J connectivity index is 1.81. The van der Waals surface area contributed by atoms with Crippen LogP contribution in [0.25, 0.3) is 0 Å². The molecule has 1 amide bonds. The zero-order valence-electron chi connectivity index (χ0n) is 11.3. The van der Waals surface area contributed by atoms with Gasteiger partial charge in [-0.15, -0.1) is 0 Å². The van der Waals surface area contributed by atoms with Crippen molar-refractivity contribution in [3.8, 4) is 0 Å². The van der Waals surface area contributed by atoms with E-state index in [1.54, 1.807) is 0 Å². The summed E-state index contributed by atoms with van der Waals surface area (Å²) in [5.74, 6) is 2.22. The van der Waals surface area contributed by atoms with Gasteiger partial charge >= 0.3 is 0 Å². The second-order valence-electron chi connectivity index (χ2n) is 6.00. The Labute approximate surface area is 105 Å². The van der Waals surface area contributed by atoms with Gasteiger partial charge in [-0.3, -0.25) is 4.79 Å². The molecule has 1 aliphatic heterocycles. The molecule has 1 saturated heterocycles. The van der Waals surface area contributed by atoms with Crippen LogP contribution in [0, 0.1) is 17.8 Å². The number of carbonyl (C=O) groups is 1. The van der Waals surface area contributed by atoms with Crippen LogP contribution in [0.15, 0.2) is 0 Å². The fourth-order valence-corrected chi connectivity index (χ4v) is 2.95. The Hall–Kier alpha value is -0.570. The van der Waals surface area contributed by atoms with Crippen LogP contribution in [-0.4, -0.2) is 37.1 Å². The maximum Gasteiger partial charge on any atom is 0.225 e. The van der Waals surface area contributed by atoms with Crippen molar-refractivity contribution < 1.29 is 9.53 Å². The summed E-state index contributed by atoms with van der Waals surface area (Å²) in [7, 11) is 1.93. The second kappa shape index (κ2) is 5.38. The molecule has 1 heterocycles. The lowest BCUT2D eigenvalue weighted by Gasteiger charge is -2.38. The van der Waals surface area contributed by atoms with E-state index in [0.29, 0.717) is 11.9 Å². The third-order valence-corrected chi connectivity index (χ3v) is 4.58. The highest BCUT2D eigenvalue weighted by Gasteiger charge is 2.33. The minimum atomic E-state index is 0.274. The fourth-order valence-electron chi connectivity index (χ4n) is 2.95. The summed E-state index contributed by atoms with van der Waals surface area (Å²) in [6.45, 7) is 6.04. The number of ether oxygens (including phenoxy) is 1. The molecule has 0 atom stereocenters. The molecule has 0 aromatic heterocycles. The van der Waals surface area contributed by atoms with Gasteiger partial charge in [0.05, 0.1) is 19.3 Å². The van der Waals surface area contributed by atoms with Crippen molar-refractivity contribution in [2.75, 3.05) is 20.3 Å². The summed E-state index contributed by atoms with van der Waals surface area (Å²) in [4.78, 5) is 14.2. The lowest BCUT2D eigenvalue weighted by molar-refractivity contribution is -0.147. The molecule has 0 spiro atoms. The summed E-state index contributed by atoms with van der Waals surface area (Å²) < 4.78 is 5.15. The van der Waals surface area contributed by atoms with E-state index < -0.39 is 0 Å². The predicted molar refractivity (Wildman–Crippen MR) is 67.7 cm³/mol. The summed E-state index contributed by atoms with van der Waals surface area (Å²) in [6.07, 6.45) is 4.62. The van der Waals surface area contributed by atoms with Crippen LogP contribution in [0.4, 0.5) is 0 Å². The van der Waals surface area contributed by atoms with Gasteiger partial charge in [0.15, 0.2) is 0 Å². The monoisotopic (exact) mass is 239 g/mol. The second-order valence-corrected chi connectivity index (χ2v) is 6.00. The summed E-state index contributed by atoms with van der Waals surface area (Å²) in [5, 5.41) is 0. The average molecular weight is 239 g/mol. The van der Waals surface area contributed by atoms with E-state index in [4.69, 9.17) is 4.74 Å². The van der Waals surface area contributed by atoms with Gasteiger partial charge in [0.25, 0.3) is 0 Å². The Morgan fingerprint density at radius 2 is 1.76 bits per heavy atom. The molecule has 0 aromatic rings. The van der Waals surface area contributed by atoms with E-state index >= 15 is 0 Å². The highest BCUT2D eigenvalue weighted by Crippen LogP contribution is 2.34. The maximum absolute atomic E-state index is 12.3. The van der Waals surface area contributed by atoms with Crippen molar-refractivity contribution in [3.05, 3.63) is 0 Å². The fraction of sp³-hybridized carbons (Fsp3) is 0.929. The first kappa shape index (κ1) is 12.9. The first-order valence-electron chi connectivity index (χ1n) is 6.94. The lowest BCUT2D eigenvalue weighted by atomic mass is 9.76. The average Bonchev–Trinajstić information content (AvgIpc) is 2.25. The number of rotatable bonds is 3. The van der Waals surface area contributed by atoms with Gasteiger partial charge in [-0.05, 0) is 37.5 Å². The van der Waals surface area contributed by atoms with E-state index in [1.807, 2.05) is 11.9 Å². The van der Waals surface area contributed by atoms with Crippen LogP contribution < -0.4 is 0 Å². The van der Waals surface area contributed by atoms with Crippen LogP contribution in [0.2, 0.25) is 0 Å². The first-order valence-corrected chi connectivity index (χ1v) is 6.94. The van der Waals surface area contributed by atoms with E-state index in [9.17, 15) is 4.79 Å². The highest BCUT2D eigenvalue weighted by atomic mass is 16.5. The van der Waals surface area contributed by atoms with Crippen molar-refractivity contribution in [2.24, 2.45) is 17.8 Å². The third kappa shape index (κ3) is 2.82. The minimum absolute atomic E-state index is 0.274. The topological polar surface area (TPSA) is 29.5 Å². The number of carbonyl (C=O) groups excluding carboxylic acids is 1. The van der Waals surface area contributed by atoms with Crippen molar-refractivity contribution in [1.29, 1.82) is 0 Å². The molecule has 2 aliphatic rings. The largest absolute Gasteiger partial charge is 0.377 e. The van der Waals surface area contributed by atoms with Crippen LogP contribution in [0.3, 0.4) is 0 Å². The van der Waals surface area contributed by atoms with Gasteiger partial charge in [-0.1, -0.05) is 13.8 Å². The maximum atomic E-state index is 12.3. The van der Waals surface area contributed by atoms with E-state index in [0.717, 1.165) is 37.9 Å². The lowest BCUT2D eigenvalue weighted by Crippen LogP contribution is -2.51. The van der Waals surface area contributed by atoms with Crippen molar-refractivity contribution >= 4 is 5.91 Å².